The Labute approximate surface area is 117 Å². The number of benzene rings is 1. The van der Waals surface area contributed by atoms with Crippen molar-refractivity contribution in [2.75, 3.05) is 26.3 Å². The number of rotatable bonds is 4. The monoisotopic (exact) mass is 278 g/mol. The number of carboxylic acids is 1. The molecule has 0 spiro atoms. The van der Waals surface area contributed by atoms with Crippen molar-refractivity contribution in [1.29, 1.82) is 0 Å². The Balaban J connectivity index is 2.14. The van der Waals surface area contributed by atoms with Crippen molar-refractivity contribution in [3.05, 3.63) is 35.4 Å². The summed E-state index contributed by atoms with van der Waals surface area (Å²) < 4.78 is 5.12. The average molecular weight is 278 g/mol. The van der Waals surface area contributed by atoms with Crippen LogP contribution in [0.4, 0.5) is 0 Å². The zero-order valence-corrected chi connectivity index (χ0v) is 11.1. The third kappa shape index (κ3) is 3.15. The van der Waals surface area contributed by atoms with Crippen LogP contribution in [0.3, 0.4) is 0 Å². The highest BCUT2D eigenvalue weighted by Gasteiger charge is 2.33. The van der Waals surface area contributed by atoms with E-state index in [1.54, 1.807) is 12.1 Å². The number of hydrogen-bond donors (Lipinski definition) is 2. The minimum absolute atomic E-state index is 0.0341. The molecule has 6 heteroatoms. The summed E-state index contributed by atoms with van der Waals surface area (Å²) in [4.78, 5) is 24.9. The van der Waals surface area contributed by atoms with E-state index in [1.807, 2.05) is 12.1 Å². The van der Waals surface area contributed by atoms with E-state index in [4.69, 9.17) is 15.6 Å². The largest absolute Gasteiger partial charge is 0.480 e. The average Bonchev–Trinajstić information content (AvgIpc) is 2.47. The van der Waals surface area contributed by atoms with Crippen molar-refractivity contribution in [2.24, 2.45) is 5.73 Å². The van der Waals surface area contributed by atoms with Gasteiger partial charge in [-0.25, -0.2) is 4.79 Å². The van der Waals surface area contributed by atoms with E-state index >= 15 is 0 Å². The van der Waals surface area contributed by atoms with Gasteiger partial charge in [-0.15, -0.1) is 0 Å². The van der Waals surface area contributed by atoms with E-state index in [0.717, 1.165) is 12.0 Å². The van der Waals surface area contributed by atoms with Gasteiger partial charge in [0.25, 0.3) is 5.91 Å². The lowest BCUT2D eigenvalue weighted by Crippen LogP contribution is -2.52. The van der Waals surface area contributed by atoms with E-state index in [-0.39, 0.29) is 12.5 Å². The Morgan fingerprint density at radius 1 is 1.35 bits per heavy atom. The summed E-state index contributed by atoms with van der Waals surface area (Å²) in [5.74, 6) is -1.32. The molecule has 1 aliphatic rings. The van der Waals surface area contributed by atoms with Crippen LogP contribution in [0.2, 0.25) is 0 Å². The summed E-state index contributed by atoms with van der Waals surface area (Å²) in [6, 6.07) is 6.19. The summed E-state index contributed by atoms with van der Waals surface area (Å²) in [6.45, 7) is 1.24. The number of nitrogens with two attached hydrogens (primary N) is 1. The summed E-state index contributed by atoms with van der Waals surface area (Å²) in [5, 5.41) is 9.13. The molecule has 20 heavy (non-hydrogen) atoms. The first-order valence-corrected chi connectivity index (χ1v) is 6.54. The molecule has 1 aromatic carbocycles. The number of carboxylic acid groups (broad SMARTS) is 1. The fourth-order valence-corrected chi connectivity index (χ4v) is 2.20. The van der Waals surface area contributed by atoms with Gasteiger partial charge in [0, 0.05) is 12.1 Å². The van der Waals surface area contributed by atoms with Gasteiger partial charge in [-0.1, -0.05) is 12.1 Å². The van der Waals surface area contributed by atoms with Crippen LogP contribution in [0.25, 0.3) is 0 Å². The molecule has 1 heterocycles. The molecule has 1 saturated heterocycles. The quantitative estimate of drug-likeness (QED) is 0.815. The van der Waals surface area contributed by atoms with E-state index in [9.17, 15) is 9.59 Å². The first-order chi connectivity index (χ1) is 9.63. The van der Waals surface area contributed by atoms with Gasteiger partial charge >= 0.3 is 5.97 Å². The number of aliphatic carboxylic acids is 1. The molecule has 0 saturated carbocycles. The van der Waals surface area contributed by atoms with Gasteiger partial charge in [-0.3, -0.25) is 4.79 Å². The fraction of sp³-hybridized carbons (Fsp3) is 0.429. The summed E-state index contributed by atoms with van der Waals surface area (Å²) in [7, 11) is 0. The van der Waals surface area contributed by atoms with Gasteiger partial charge in [-0.2, -0.15) is 0 Å². The van der Waals surface area contributed by atoms with Crippen molar-refractivity contribution >= 4 is 11.9 Å². The molecule has 0 aromatic heterocycles. The van der Waals surface area contributed by atoms with Crippen LogP contribution in [0.5, 0.6) is 0 Å². The molecule has 0 radical (unpaired) electrons. The first kappa shape index (κ1) is 14.5. The van der Waals surface area contributed by atoms with Gasteiger partial charge in [-0.05, 0) is 30.7 Å². The maximum Gasteiger partial charge on any atom is 0.328 e. The van der Waals surface area contributed by atoms with E-state index in [2.05, 4.69) is 0 Å². The van der Waals surface area contributed by atoms with E-state index < -0.39 is 12.0 Å². The lowest BCUT2D eigenvalue weighted by Gasteiger charge is -2.32. The molecule has 1 aliphatic heterocycles. The van der Waals surface area contributed by atoms with E-state index in [1.165, 1.54) is 4.90 Å². The summed E-state index contributed by atoms with van der Waals surface area (Å²) >= 11 is 0. The van der Waals surface area contributed by atoms with Gasteiger partial charge < -0.3 is 20.5 Å². The third-order valence-corrected chi connectivity index (χ3v) is 3.31. The van der Waals surface area contributed by atoms with Gasteiger partial charge in [0.15, 0.2) is 6.04 Å². The van der Waals surface area contributed by atoms with Crippen molar-refractivity contribution in [3.63, 3.8) is 0 Å². The van der Waals surface area contributed by atoms with Crippen LogP contribution in [0, 0.1) is 0 Å². The molecule has 0 bridgehead atoms. The fourth-order valence-electron chi connectivity index (χ4n) is 2.20. The number of hydrogen-bond acceptors (Lipinski definition) is 4. The molecule has 1 atom stereocenters. The zero-order valence-electron chi connectivity index (χ0n) is 11.1. The number of ether oxygens (including phenoxy) is 1. The number of morpholine rings is 1. The predicted octanol–water partition coefficient (Wildman–Crippen LogP) is 0.113. The highest BCUT2D eigenvalue weighted by atomic mass is 16.5. The first-order valence-electron chi connectivity index (χ1n) is 6.54. The number of amides is 1. The maximum absolute atomic E-state index is 12.4. The molecule has 2 rings (SSSR count). The van der Waals surface area contributed by atoms with Crippen LogP contribution < -0.4 is 5.73 Å². The molecule has 6 nitrogen and oxygen atoms in total. The third-order valence-electron chi connectivity index (χ3n) is 3.31. The van der Waals surface area contributed by atoms with Gasteiger partial charge in [0.1, 0.15) is 0 Å². The number of nitrogens with zero attached hydrogens (tertiary/aromatic N) is 1. The van der Waals surface area contributed by atoms with Crippen molar-refractivity contribution in [1.82, 2.24) is 4.90 Å². The lowest BCUT2D eigenvalue weighted by molar-refractivity contribution is -0.147. The Hall–Kier alpha value is -1.92. The van der Waals surface area contributed by atoms with Gasteiger partial charge in [0.2, 0.25) is 0 Å². The molecule has 108 valence electrons. The van der Waals surface area contributed by atoms with Crippen molar-refractivity contribution in [2.45, 2.75) is 12.5 Å². The number of carbonyl (C=O) groups excluding carboxylic acids is 1. The Kier molecular flexibility index (Phi) is 4.70. The number of carbonyl (C=O) groups is 2. The van der Waals surface area contributed by atoms with Crippen molar-refractivity contribution < 1.29 is 19.4 Å². The van der Waals surface area contributed by atoms with Crippen LogP contribution in [-0.2, 0) is 16.0 Å². The minimum Gasteiger partial charge on any atom is -0.480 e. The van der Waals surface area contributed by atoms with Crippen LogP contribution in [-0.4, -0.2) is 54.2 Å². The summed E-state index contributed by atoms with van der Waals surface area (Å²) in [6.07, 6.45) is 0.754. The molecular formula is C14H18N2O4. The second kappa shape index (κ2) is 6.49. The van der Waals surface area contributed by atoms with Gasteiger partial charge in [0.05, 0.1) is 13.2 Å². The lowest BCUT2D eigenvalue weighted by atomic mass is 10.1. The standard InChI is InChI=1S/C14H18N2O4/c15-6-5-10-1-3-11(4-2-10)13(17)16-7-8-20-9-12(16)14(18)19/h1-4,12H,5-9,15H2,(H,18,19). The normalized spacial score (nSPS) is 18.9. The predicted molar refractivity (Wildman–Crippen MR) is 72.5 cm³/mol. The summed E-state index contributed by atoms with van der Waals surface area (Å²) in [5.41, 5.74) is 7.01. The Morgan fingerprint density at radius 2 is 2.05 bits per heavy atom. The molecule has 3 N–H and O–H groups in total. The second-order valence-corrected chi connectivity index (χ2v) is 4.66. The molecule has 1 fully saturated rings. The highest BCUT2D eigenvalue weighted by molar-refractivity contribution is 5.96. The van der Waals surface area contributed by atoms with Crippen LogP contribution in [0.15, 0.2) is 24.3 Å². The molecule has 1 amide bonds. The zero-order chi connectivity index (χ0) is 14.5. The van der Waals surface area contributed by atoms with Crippen LogP contribution >= 0.6 is 0 Å². The molecule has 1 aromatic rings. The Morgan fingerprint density at radius 3 is 2.65 bits per heavy atom. The van der Waals surface area contributed by atoms with Crippen LogP contribution in [0.1, 0.15) is 15.9 Å². The van der Waals surface area contributed by atoms with E-state index in [0.29, 0.717) is 25.3 Å². The smallest absolute Gasteiger partial charge is 0.328 e. The molecular weight excluding hydrogens is 260 g/mol. The second-order valence-electron chi connectivity index (χ2n) is 4.66. The Bertz CT molecular complexity index is 486. The maximum atomic E-state index is 12.4. The van der Waals surface area contributed by atoms with Crippen molar-refractivity contribution in [3.8, 4) is 0 Å². The highest BCUT2D eigenvalue weighted by Crippen LogP contribution is 2.14. The molecule has 0 aliphatic carbocycles. The topological polar surface area (TPSA) is 92.9 Å². The SMILES string of the molecule is NCCc1ccc(C(=O)N2CCOCC2C(=O)O)cc1. The molecule has 1 unspecified atom stereocenters. The minimum atomic E-state index is -1.04.